The molecule has 0 saturated carbocycles. The van der Waals surface area contributed by atoms with Crippen LogP contribution in [0.2, 0.25) is 5.02 Å². The number of halogens is 1. The van der Waals surface area contributed by atoms with Gasteiger partial charge in [0, 0.05) is 17.2 Å². The maximum absolute atomic E-state index is 12.3. The number of hydrogen-bond donors (Lipinski definition) is 0. The fourth-order valence-electron chi connectivity index (χ4n) is 2.74. The number of esters is 1. The van der Waals surface area contributed by atoms with E-state index in [9.17, 15) is 14.9 Å². The molecule has 3 rings (SSSR count). The number of hydrogen-bond acceptors (Lipinski definition) is 7. The molecule has 0 N–H and O–H groups in total. The van der Waals surface area contributed by atoms with E-state index >= 15 is 0 Å². The van der Waals surface area contributed by atoms with Crippen molar-refractivity contribution in [1.29, 1.82) is 0 Å². The van der Waals surface area contributed by atoms with Crippen molar-refractivity contribution in [3.63, 3.8) is 0 Å². The minimum Gasteiger partial charge on any atom is -0.493 e. The van der Waals surface area contributed by atoms with Gasteiger partial charge in [-0.3, -0.25) is 10.1 Å². The van der Waals surface area contributed by atoms with E-state index in [0.29, 0.717) is 28.2 Å². The molecule has 0 aliphatic carbocycles. The van der Waals surface area contributed by atoms with Gasteiger partial charge in [0.25, 0.3) is 5.69 Å². The number of aryl methyl sites for hydroxylation is 1. The zero-order valence-corrected chi connectivity index (χ0v) is 16.9. The summed E-state index contributed by atoms with van der Waals surface area (Å²) < 4.78 is 16.0. The number of rotatable bonds is 7. The van der Waals surface area contributed by atoms with E-state index in [0.717, 1.165) is 0 Å². The van der Waals surface area contributed by atoms with Crippen LogP contribution < -0.4 is 9.47 Å². The van der Waals surface area contributed by atoms with Gasteiger partial charge in [0.2, 0.25) is 5.90 Å². The number of methoxy groups -OCH3 is 1. The Balaban J connectivity index is 1.96. The van der Waals surface area contributed by atoms with E-state index in [1.54, 1.807) is 37.3 Å². The SMILES string of the molecule is C=CCOc1c(Cl)cc(/C=C2\N=C(c3ccc(C)c([N+](=O)[O-])c3)OC2=O)cc1OC. The largest absolute Gasteiger partial charge is 0.493 e. The molecule has 0 fully saturated rings. The Morgan fingerprint density at radius 1 is 1.33 bits per heavy atom. The van der Waals surface area contributed by atoms with Crippen LogP contribution in [0.1, 0.15) is 16.7 Å². The average Bonchev–Trinajstić information content (AvgIpc) is 3.07. The first-order chi connectivity index (χ1) is 14.3. The fourth-order valence-corrected chi connectivity index (χ4v) is 3.01. The third-order valence-electron chi connectivity index (χ3n) is 4.17. The summed E-state index contributed by atoms with van der Waals surface area (Å²) in [7, 11) is 1.47. The van der Waals surface area contributed by atoms with Gasteiger partial charge in [-0.25, -0.2) is 9.79 Å². The number of aliphatic imine (C=N–C) groups is 1. The Hall–Kier alpha value is -3.65. The smallest absolute Gasteiger partial charge is 0.363 e. The van der Waals surface area contributed by atoms with Crippen LogP contribution in [0.3, 0.4) is 0 Å². The number of ether oxygens (including phenoxy) is 3. The molecular formula is C21H17ClN2O6. The highest BCUT2D eigenvalue weighted by molar-refractivity contribution is 6.32. The summed E-state index contributed by atoms with van der Waals surface area (Å²) >= 11 is 6.27. The zero-order valence-electron chi connectivity index (χ0n) is 16.2. The molecule has 0 saturated heterocycles. The molecule has 1 aliphatic heterocycles. The highest BCUT2D eigenvalue weighted by Crippen LogP contribution is 2.37. The Bertz CT molecular complexity index is 1110. The standard InChI is InChI=1S/C21H17ClN2O6/c1-4-7-29-19-15(22)8-13(10-18(19)28-3)9-16-21(25)30-20(23-16)14-6-5-12(2)17(11-14)24(26)27/h4-6,8-11H,1,7H2,2-3H3/b16-9-. The summed E-state index contributed by atoms with van der Waals surface area (Å²) in [5.41, 5.74) is 1.29. The maximum atomic E-state index is 12.3. The molecule has 8 nitrogen and oxygen atoms in total. The molecule has 30 heavy (non-hydrogen) atoms. The second kappa shape index (κ2) is 8.79. The number of carbonyl (C=O) groups is 1. The molecule has 1 aliphatic rings. The number of cyclic esters (lactones) is 1. The third-order valence-corrected chi connectivity index (χ3v) is 4.45. The van der Waals surface area contributed by atoms with Crippen LogP contribution in [0, 0.1) is 17.0 Å². The molecule has 1 heterocycles. The van der Waals surface area contributed by atoms with Crippen molar-refractivity contribution < 1.29 is 23.9 Å². The lowest BCUT2D eigenvalue weighted by Gasteiger charge is -2.12. The first kappa shape index (κ1) is 21.1. The second-order valence-corrected chi connectivity index (χ2v) is 6.64. The van der Waals surface area contributed by atoms with Crippen molar-refractivity contribution in [1.82, 2.24) is 0 Å². The van der Waals surface area contributed by atoms with Crippen molar-refractivity contribution in [3.05, 3.63) is 80.5 Å². The summed E-state index contributed by atoms with van der Waals surface area (Å²) in [6.07, 6.45) is 3.05. The number of nitrogens with zero attached hydrogens (tertiary/aromatic N) is 2. The predicted molar refractivity (Wildman–Crippen MR) is 112 cm³/mol. The van der Waals surface area contributed by atoms with E-state index < -0.39 is 10.9 Å². The number of benzene rings is 2. The van der Waals surface area contributed by atoms with Gasteiger partial charge in [-0.05, 0) is 36.8 Å². The highest BCUT2D eigenvalue weighted by atomic mass is 35.5. The number of nitro benzene ring substituents is 1. The van der Waals surface area contributed by atoms with Gasteiger partial charge in [-0.2, -0.15) is 0 Å². The Labute approximate surface area is 177 Å². The molecule has 9 heteroatoms. The topological polar surface area (TPSA) is 100 Å². The van der Waals surface area contributed by atoms with Gasteiger partial charge in [-0.15, -0.1) is 0 Å². The molecule has 0 atom stereocenters. The molecule has 2 aromatic carbocycles. The van der Waals surface area contributed by atoms with Gasteiger partial charge in [0.05, 0.1) is 17.1 Å². The van der Waals surface area contributed by atoms with Crippen molar-refractivity contribution in [2.24, 2.45) is 4.99 Å². The van der Waals surface area contributed by atoms with Crippen LogP contribution in [0.25, 0.3) is 6.08 Å². The van der Waals surface area contributed by atoms with Crippen molar-refractivity contribution in [3.8, 4) is 11.5 Å². The van der Waals surface area contributed by atoms with E-state index in [4.69, 9.17) is 25.8 Å². The van der Waals surface area contributed by atoms with Crippen LogP contribution in [-0.4, -0.2) is 30.5 Å². The van der Waals surface area contributed by atoms with Crippen LogP contribution in [0.15, 0.2) is 53.7 Å². The van der Waals surface area contributed by atoms with Crippen LogP contribution >= 0.6 is 11.6 Å². The first-order valence-electron chi connectivity index (χ1n) is 8.73. The van der Waals surface area contributed by atoms with Gasteiger partial charge in [-0.1, -0.05) is 30.3 Å². The Kier molecular flexibility index (Phi) is 6.17. The summed E-state index contributed by atoms with van der Waals surface area (Å²) in [4.78, 5) is 27.1. The lowest BCUT2D eigenvalue weighted by Crippen LogP contribution is -2.06. The monoisotopic (exact) mass is 428 g/mol. The minimum absolute atomic E-state index is 0.0154. The summed E-state index contributed by atoms with van der Waals surface area (Å²) in [5.74, 6) is 0.0287. The number of carbonyl (C=O) groups excluding carboxylic acids is 1. The lowest BCUT2D eigenvalue weighted by atomic mass is 10.1. The van der Waals surface area contributed by atoms with E-state index in [1.165, 1.54) is 19.3 Å². The molecule has 0 aromatic heterocycles. The van der Waals surface area contributed by atoms with Gasteiger partial charge >= 0.3 is 5.97 Å². The molecule has 2 aromatic rings. The maximum Gasteiger partial charge on any atom is 0.363 e. The quantitative estimate of drug-likeness (QED) is 0.212. The lowest BCUT2D eigenvalue weighted by molar-refractivity contribution is -0.385. The van der Waals surface area contributed by atoms with E-state index in [1.807, 2.05) is 0 Å². The molecule has 0 radical (unpaired) electrons. The van der Waals surface area contributed by atoms with Crippen LogP contribution in [0.5, 0.6) is 11.5 Å². The number of nitro groups is 1. The molecule has 0 bridgehead atoms. The Morgan fingerprint density at radius 2 is 2.10 bits per heavy atom. The first-order valence-corrected chi connectivity index (χ1v) is 9.11. The summed E-state index contributed by atoms with van der Waals surface area (Å²) in [6, 6.07) is 7.71. The van der Waals surface area contributed by atoms with Crippen LogP contribution in [0.4, 0.5) is 5.69 Å². The van der Waals surface area contributed by atoms with Crippen LogP contribution in [-0.2, 0) is 9.53 Å². The van der Waals surface area contributed by atoms with E-state index in [2.05, 4.69) is 11.6 Å². The third kappa shape index (κ3) is 4.33. The molecule has 0 spiro atoms. The fraction of sp³-hybridized carbons (Fsp3) is 0.143. The molecular weight excluding hydrogens is 412 g/mol. The predicted octanol–water partition coefficient (Wildman–Crippen LogP) is 4.47. The zero-order chi connectivity index (χ0) is 21.8. The molecule has 0 amide bonds. The molecule has 0 unspecified atom stereocenters. The van der Waals surface area contributed by atoms with Gasteiger partial charge < -0.3 is 14.2 Å². The minimum atomic E-state index is -0.685. The van der Waals surface area contributed by atoms with Crippen molar-refractivity contribution in [2.75, 3.05) is 13.7 Å². The normalized spacial score (nSPS) is 14.3. The summed E-state index contributed by atoms with van der Waals surface area (Å²) in [6.45, 7) is 5.45. The van der Waals surface area contributed by atoms with Crippen molar-refractivity contribution >= 4 is 35.2 Å². The molecule has 154 valence electrons. The Morgan fingerprint density at radius 3 is 2.77 bits per heavy atom. The van der Waals surface area contributed by atoms with E-state index in [-0.39, 0.29) is 28.9 Å². The average molecular weight is 429 g/mol. The van der Waals surface area contributed by atoms with Gasteiger partial charge in [0.1, 0.15) is 6.61 Å². The highest BCUT2D eigenvalue weighted by Gasteiger charge is 2.26. The summed E-state index contributed by atoms with van der Waals surface area (Å²) in [5, 5.41) is 11.4. The van der Waals surface area contributed by atoms with Crippen molar-refractivity contribution in [2.45, 2.75) is 6.92 Å². The van der Waals surface area contributed by atoms with Gasteiger partial charge in [0.15, 0.2) is 17.2 Å². The second-order valence-electron chi connectivity index (χ2n) is 6.23.